The van der Waals surface area contributed by atoms with Crippen LogP contribution in [0, 0.1) is 26.6 Å². The van der Waals surface area contributed by atoms with Crippen LogP contribution >= 0.6 is 0 Å². The fraction of sp³-hybridized carbons (Fsp3) is 0.240. The molecule has 0 atom stereocenters. The predicted molar refractivity (Wildman–Crippen MR) is 121 cm³/mol. The summed E-state index contributed by atoms with van der Waals surface area (Å²) in [4.78, 5) is 25.3. The molecule has 164 valence electrons. The summed E-state index contributed by atoms with van der Waals surface area (Å²) in [6, 6.07) is 11.1. The average Bonchev–Trinajstić information content (AvgIpc) is 3.12. The van der Waals surface area contributed by atoms with Gasteiger partial charge in [0.1, 0.15) is 11.6 Å². The molecule has 0 unspecified atom stereocenters. The number of fused-ring (bicyclic) bond motifs is 1. The van der Waals surface area contributed by atoms with E-state index in [9.17, 15) is 14.0 Å². The van der Waals surface area contributed by atoms with Gasteiger partial charge in [-0.2, -0.15) is 5.10 Å². The van der Waals surface area contributed by atoms with Gasteiger partial charge in [0.2, 0.25) is 0 Å². The van der Waals surface area contributed by atoms with E-state index in [1.165, 1.54) is 24.3 Å². The Morgan fingerprint density at radius 2 is 1.75 bits per heavy atom. The third-order valence-electron chi connectivity index (χ3n) is 5.56. The quantitative estimate of drug-likeness (QED) is 0.564. The highest BCUT2D eigenvalue weighted by atomic mass is 19.1. The molecule has 2 amide bonds. The number of hydrogen-bond donors (Lipinski definition) is 2. The van der Waals surface area contributed by atoms with Crippen molar-refractivity contribution in [3.63, 3.8) is 0 Å². The number of nitrogens with zero attached hydrogens (tertiary/aromatic N) is 1. The maximum atomic E-state index is 13.1. The maximum Gasteiger partial charge on any atom is 0.291 e. The highest BCUT2D eigenvalue weighted by Gasteiger charge is 2.28. The lowest BCUT2D eigenvalue weighted by Gasteiger charge is -2.13. The highest BCUT2D eigenvalue weighted by molar-refractivity contribution is 6.09. The van der Waals surface area contributed by atoms with Gasteiger partial charge in [-0.25, -0.2) is 9.82 Å². The highest BCUT2D eigenvalue weighted by Crippen LogP contribution is 2.30. The minimum absolute atomic E-state index is 0.245. The Kier molecular flexibility index (Phi) is 5.90. The number of nitrogens with one attached hydrogen (secondary N) is 2. The van der Waals surface area contributed by atoms with Crippen molar-refractivity contribution in [3.8, 4) is 0 Å². The normalized spacial score (nSPS) is 14.2. The average molecular weight is 433 g/mol. The predicted octanol–water partition coefficient (Wildman–Crippen LogP) is 5.07. The van der Waals surface area contributed by atoms with Crippen LogP contribution < -0.4 is 10.7 Å². The number of hydrazone groups is 1. The van der Waals surface area contributed by atoms with E-state index < -0.39 is 11.7 Å². The summed E-state index contributed by atoms with van der Waals surface area (Å²) in [7, 11) is 0. The first-order chi connectivity index (χ1) is 15.3. The van der Waals surface area contributed by atoms with Gasteiger partial charge in [-0.05, 0) is 69.5 Å². The molecule has 0 radical (unpaired) electrons. The number of hydrogen-bond acceptors (Lipinski definition) is 4. The number of amides is 2. The van der Waals surface area contributed by atoms with Crippen molar-refractivity contribution in [3.05, 3.63) is 87.6 Å². The molecular weight excluding hydrogens is 409 g/mol. The van der Waals surface area contributed by atoms with E-state index in [0.29, 0.717) is 35.4 Å². The summed E-state index contributed by atoms with van der Waals surface area (Å²) in [5, 5.41) is 7.22. The Balaban J connectivity index is 1.57. The van der Waals surface area contributed by atoms with Gasteiger partial charge in [-0.3, -0.25) is 9.59 Å². The second-order valence-corrected chi connectivity index (χ2v) is 7.99. The van der Waals surface area contributed by atoms with E-state index in [1.807, 2.05) is 39.0 Å². The monoisotopic (exact) mass is 433 g/mol. The number of anilines is 1. The lowest BCUT2D eigenvalue weighted by molar-refractivity contribution is 0.0953. The van der Waals surface area contributed by atoms with Gasteiger partial charge in [0.15, 0.2) is 5.76 Å². The maximum absolute atomic E-state index is 13.1. The van der Waals surface area contributed by atoms with E-state index in [0.717, 1.165) is 28.8 Å². The van der Waals surface area contributed by atoms with Gasteiger partial charge in [-0.15, -0.1) is 0 Å². The van der Waals surface area contributed by atoms with E-state index in [4.69, 9.17) is 4.42 Å². The van der Waals surface area contributed by atoms with Crippen LogP contribution in [-0.2, 0) is 6.42 Å². The van der Waals surface area contributed by atoms with Gasteiger partial charge in [0.25, 0.3) is 11.8 Å². The zero-order valence-corrected chi connectivity index (χ0v) is 18.2. The standard InChI is InChI=1S/C25H24FN3O3/c1-14-7-12-19(15(2)13-14)27-25(31)23-16(3)22-20(5-4-6-21(22)32-23)28-29-24(30)17-8-10-18(26)11-9-17/h7-13H,4-6H2,1-3H3,(H,27,31)(H,29,30)/b28-20+. The molecule has 1 aliphatic carbocycles. The first-order valence-corrected chi connectivity index (χ1v) is 10.5. The van der Waals surface area contributed by atoms with Crippen LogP contribution in [0.25, 0.3) is 0 Å². The smallest absolute Gasteiger partial charge is 0.291 e. The summed E-state index contributed by atoms with van der Waals surface area (Å²) in [5.41, 5.74) is 7.78. The van der Waals surface area contributed by atoms with Crippen LogP contribution in [0.2, 0.25) is 0 Å². The third-order valence-corrected chi connectivity index (χ3v) is 5.56. The SMILES string of the molecule is Cc1ccc(NC(=O)c2oc3c(c2C)/C(=N/NC(=O)c2ccc(F)cc2)CCC3)c(C)c1. The van der Waals surface area contributed by atoms with Crippen LogP contribution in [0.1, 0.15) is 61.8 Å². The molecule has 0 spiro atoms. The van der Waals surface area contributed by atoms with Crippen LogP contribution in [0.4, 0.5) is 10.1 Å². The van der Waals surface area contributed by atoms with Crippen molar-refractivity contribution in [1.29, 1.82) is 0 Å². The fourth-order valence-electron chi connectivity index (χ4n) is 3.91. The molecule has 1 aromatic heterocycles. The van der Waals surface area contributed by atoms with Gasteiger partial charge >= 0.3 is 0 Å². The van der Waals surface area contributed by atoms with Crippen molar-refractivity contribution < 1.29 is 18.4 Å². The molecule has 2 N–H and O–H groups in total. The molecule has 32 heavy (non-hydrogen) atoms. The summed E-state index contributed by atoms with van der Waals surface area (Å²) >= 11 is 0. The summed E-state index contributed by atoms with van der Waals surface area (Å²) in [5.74, 6) is -0.230. The summed E-state index contributed by atoms with van der Waals surface area (Å²) in [6.07, 6.45) is 2.14. The number of aryl methyl sites for hydroxylation is 3. The lowest BCUT2D eigenvalue weighted by atomic mass is 9.93. The van der Waals surface area contributed by atoms with E-state index in [-0.39, 0.29) is 11.7 Å². The second-order valence-electron chi connectivity index (χ2n) is 7.99. The number of carbonyl (C=O) groups excluding carboxylic acids is 2. The molecule has 0 saturated carbocycles. The topological polar surface area (TPSA) is 83.7 Å². The number of halogens is 1. The Labute approximate surface area is 185 Å². The molecule has 2 aromatic carbocycles. The van der Waals surface area contributed by atoms with Crippen LogP contribution in [0.3, 0.4) is 0 Å². The first-order valence-electron chi connectivity index (χ1n) is 10.5. The Morgan fingerprint density at radius 1 is 1.00 bits per heavy atom. The summed E-state index contributed by atoms with van der Waals surface area (Å²) in [6.45, 7) is 5.76. The van der Waals surface area contributed by atoms with Crippen LogP contribution in [0.5, 0.6) is 0 Å². The molecule has 0 bridgehead atoms. The molecular formula is C25H24FN3O3. The lowest BCUT2D eigenvalue weighted by Crippen LogP contribution is -2.22. The molecule has 4 rings (SSSR count). The largest absolute Gasteiger partial charge is 0.455 e. The van der Waals surface area contributed by atoms with Crippen LogP contribution in [-0.4, -0.2) is 17.5 Å². The Morgan fingerprint density at radius 3 is 2.47 bits per heavy atom. The fourth-order valence-corrected chi connectivity index (χ4v) is 3.91. The zero-order chi connectivity index (χ0) is 22.8. The number of rotatable bonds is 4. The minimum Gasteiger partial charge on any atom is -0.455 e. The molecule has 1 aliphatic rings. The van der Waals surface area contributed by atoms with Crippen molar-refractivity contribution in [2.45, 2.75) is 40.0 Å². The Bertz CT molecular complexity index is 1230. The van der Waals surface area contributed by atoms with Gasteiger partial charge in [0, 0.05) is 28.8 Å². The number of benzene rings is 2. The Hall–Kier alpha value is -3.74. The molecule has 0 aliphatic heterocycles. The van der Waals surface area contributed by atoms with Gasteiger partial charge in [-0.1, -0.05) is 17.7 Å². The van der Waals surface area contributed by atoms with Gasteiger partial charge in [0.05, 0.1) is 5.71 Å². The number of carbonyl (C=O) groups is 2. The van der Waals surface area contributed by atoms with Crippen molar-refractivity contribution in [2.24, 2.45) is 5.10 Å². The van der Waals surface area contributed by atoms with Crippen molar-refractivity contribution >= 4 is 23.2 Å². The van der Waals surface area contributed by atoms with Crippen LogP contribution in [0.15, 0.2) is 52.0 Å². The third kappa shape index (κ3) is 4.32. The first kappa shape index (κ1) is 21.5. The molecule has 3 aromatic rings. The molecule has 6 nitrogen and oxygen atoms in total. The second kappa shape index (κ2) is 8.78. The van der Waals surface area contributed by atoms with E-state index in [2.05, 4.69) is 15.8 Å². The molecule has 1 heterocycles. The zero-order valence-electron chi connectivity index (χ0n) is 18.2. The van der Waals surface area contributed by atoms with E-state index >= 15 is 0 Å². The molecule has 7 heteroatoms. The molecule has 0 fully saturated rings. The van der Waals surface area contributed by atoms with E-state index in [1.54, 1.807) is 0 Å². The number of furan rings is 1. The minimum atomic E-state index is -0.432. The van der Waals surface area contributed by atoms with Crippen molar-refractivity contribution in [2.75, 3.05) is 5.32 Å². The summed E-state index contributed by atoms with van der Waals surface area (Å²) < 4.78 is 19.0. The van der Waals surface area contributed by atoms with Crippen molar-refractivity contribution in [1.82, 2.24) is 5.43 Å². The van der Waals surface area contributed by atoms with Gasteiger partial charge < -0.3 is 9.73 Å². The molecule has 0 saturated heterocycles.